The first-order valence-corrected chi connectivity index (χ1v) is 13.1. The van der Waals surface area contributed by atoms with Gasteiger partial charge in [0.15, 0.2) is 11.3 Å². The number of carbonyl (C=O) groups is 1. The van der Waals surface area contributed by atoms with E-state index < -0.39 is 5.97 Å². The van der Waals surface area contributed by atoms with Gasteiger partial charge in [0, 0.05) is 34.0 Å². The number of pyridine rings is 1. The third-order valence-corrected chi connectivity index (χ3v) is 7.32. The molecule has 9 nitrogen and oxygen atoms in total. The highest BCUT2D eigenvalue weighted by Crippen LogP contribution is 2.39. The molecule has 1 aliphatic rings. The van der Waals surface area contributed by atoms with Crippen molar-refractivity contribution in [2.75, 3.05) is 0 Å². The summed E-state index contributed by atoms with van der Waals surface area (Å²) in [7, 11) is 0. The van der Waals surface area contributed by atoms with Crippen molar-refractivity contribution in [2.45, 2.75) is 25.3 Å². The fourth-order valence-corrected chi connectivity index (χ4v) is 5.00. The van der Waals surface area contributed by atoms with E-state index in [0.29, 0.717) is 33.4 Å². The van der Waals surface area contributed by atoms with Crippen LogP contribution in [0.5, 0.6) is 0 Å². The number of halogens is 2. The maximum atomic E-state index is 13.5. The van der Waals surface area contributed by atoms with Gasteiger partial charge in [0.2, 0.25) is 5.69 Å². The smallest absolute Gasteiger partial charge is 0.335 e. The van der Waals surface area contributed by atoms with Gasteiger partial charge in [-0.25, -0.2) is 9.48 Å². The van der Waals surface area contributed by atoms with Crippen LogP contribution in [0.4, 0.5) is 0 Å². The molecular weight excluding hydrogens is 539 g/mol. The third kappa shape index (κ3) is 5.23. The average Bonchev–Trinajstić information content (AvgIpc) is 3.43. The zero-order valence-corrected chi connectivity index (χ0v) is 22.0. The highest BCUT2D eigenvalue weighted by atomic mass is 35.5. The fourth-order valence-electron chi connectivity index (χ4n) is 4.71. The number of hydrogen-bond acceptors (Lipinski definition) is 5. The van der Waals surface area contributed by atoms with Gasteiger partial charge in [-0.05, 0) is 54.3 Å². The summed E-state index contributed by atoms with van der Waals surface area (Å²) in [4.78, 5) is 11.2. The van der Waals surface area contributed by atoms with Crippen molar-refractivity contribution in [1.29, 1.82) is 0 Å². The zero-order chi connectivity index (χ0) is 27.1. The SMILES string of the molecule is O=C(O)c1ccc(-c2cnn(C(CC3CC3)c3ccc(-c4cc(Cl)ccc4-n4cc(Cl)nn4)c[n+]3[O-])c2)cc1. The number of aromatic nitrogens is 6. The van der Waals surface area contributed by atoms with E-state index >= 15 is 0 Å². The van der Waals surface area contributed by atoms with Crippen LogP contribution in [0.3, 0.4) is 0 Å². The van der Waals surface area contributed by atoms with Crippen LogP contribution < -0.4 is 4.73 Å². The first-order chi connectivity index (χ1) is 18.9. The van der Waals surface area contributed by atoms with Crippen LogP contribution >= 0.6 is 23.2 Å². The molecule has 0 spiro atoms. The van der Waals surface area contributed by atoms with Gasteiger partial charge >= 0.3 is 5.97 Å². The van der Waals surface area contributed by atoms with Crippen molar-refractivity contribution in [1.82, 2.24) is 24.8 Å². The molecule has 2 aromatic carbocycles. The number of carboxylic acids is 1. The number of carboxylic acid groups (broad SMARTS) is 1. The summed E-state index contributed by atoms with van der Waals surface area (Å²) >= 11 is 12.3. The summed E-state index contributed by atoms with van der Waals surface area (Å²) in [6.07, 6.45) is 9.82. The average molecular weight is 561 g/mol. The minimum Gasteiger partial charge on any atom is -0.618 e. The lowest BCUT2D eigenvalue weighted by atomic mass is 10.0. The molecule has 6 rings (SSSR count). The van der Waals surface area contributed by atoms with E-state index in [2.05, 4.69) is 15.4 Å². The van der Waals surface area contributed by atoms with E-state index in [1.54, 1.807) is 59.5 Å². The topological polar surface area (TPSA) is 113 Å². The fraction of sp³-hybridized carbons (Fsp3) is 0.179. The number of nitrogens with zero attached hydrogens (tertiary/aromatic N) is 6. The molecule has 1 unspecified atom stereocenters. The van der Waals surface area contributed by atoms with Crippen LogP contribution in [-0.4, -0.2) is 35.9 Å². The standard InChI is InChI=1S/C28H22Cl2N6O3/c29-22-8-10-24(35-16-27(30)32-33-35)23(12-22)20-7-9-25(36(39)15-20)26(11-17-1-2-17)34-14-21(13-31-34)18-3-5-19(6-4-18)28(37)38/h3-10,12-17,26H,1-2,11H2,(H,37,38). The maximum Gasteiger partial charge on any atom is 0.335 e. The Balaban J connectivity index is 1.35. The molecule has 0 saturated heterocycles. The molecule has 0 bridgehead atoms. The normalized spacial score (nSPS) is 13.9. The Hall–Kier alpha value is -4.21. The van der Waals surface area contributed by atoms with Crippen molar-refractivity contribution >= 4 is 29.2 Å². The van der Waals surface area contributed by atoms with Crippen molar-refractivity contribution in [2.24, 2.45) is 5.92 Å². The van der Waals surface area contributed by atoms with E-state index in [1.165, 1.54) is 6.20 Å². The molecule has 1 fully saturated rings. The monoisotopic (exact) mass is 560 g/mol. The minimum atomic E-state index is -0.972. The van der Waals surface area contributed by atoms with Crippen molar-refractivity contribution < 1.29 is 14.6 Å². The molecule has 0 radical (unpaired) electrons. The molecule has 5 aromatic rings. The Labute approximate surface area is 233 Å². The predicted octanol–water partition coefficient (Wildman–Crippen LogP) is 5.83. The molecule has 0 amide bonds. The number of hydrogen-bond donors (Lipinski definition) is 1. The van der Waals surface area contributed by atoms with Gasteiger partial charge in [-0.3, -0.25) is 4.68 Å². The highest BCUT2D eigenvalue weighted by Gasteiger charge is 2.32. The second-order valence-electron chi connectivity index (χ2n) is 9.60. The number of benzene rings is 2. The lowest BCUT2D eigenvalue weighted by Crippen LogP contribution is -2.35. The molecule has 1 N–H and O–H groups in total. The maximum absolute atomic E-state index is 13.5. The van der Waals surface area contributed by atoms with Gasteiger partial charge in [0.1, 0.15) is 6.04 Å². The quantitative estimate of drug-likeness (QED) is 0.189. The van der Waals surface area contributed by atoms with Crippen LogP contribution in [0.2, 0.25) is 10.2 Å². The summed E-state index contributed by atoms with van der Waals surface area (Å²) in [6, 6.07) is 15.4. The molecular formula is C28H22Cl2N6O3. The Morgan fingerprint density at radius 1 is 1.05 bits per heavy atom. The molecule has 1 aliphatic carbocycles. The van der Waals surface area contributed by atoms with Crippen LogP contribution in [-0.2, 0) is 0 Å². The van der Waals surface area contributed by atoms with Gasteiger partial charge in [-0.1, -0.05) is 53.4 Å². The van der Waals surface area contributed by atoms with E-state index in [0.717, 1.165) is 35.1 Å². The van der Waals surface area contributed by atoms with Gasteiger partial charge in [0.25, 0.3) is 0 Å². The molecule has 1 saturated carbocycles. The Bertz CT molecular complexity index is 1680. The molecule has 39 heavy (non-hydrogen) atoms. The van der Waals surface area contributed by atoms with Crippen molar-refractivity contribution in [3.63, 3.8) is 0 Å². The second-order valence-corrected chi connectivity index (χ2v) is 10.4. The van der Waals surface area contributed by atoms with Gasteiger partial charge < -0.3 is 10.3 Å². The van der Waals surface area contributed by atoms with Gasteiger partial charge in [-0.2, -0.15) is 9.83 Å². The Morgan fingerprint density at radius 3 is 2.49 bits per heavy atom. The van der Waals surface area contributed by atoms with E-state index in [1.807, 2.05) is 23.0 Å². The molecule has 196 valence electrons. The largest absolute Gasteiger partial charge is 0.618 e. The lowest BCUT2D eigenvalue weighted by Gasteiger charge is -2.18. The Morgan fingerprint density at radius 2 is 1.82 bits per heavy atom. The summed E-state index contributed by atoms with van der Waals surface area (Å²) in [5.41, 5.74) is 4.56. The summed E-state index contributed by atoms with van der Waals surface area (Å²) in [6.45, 7) is 0. The molecule has 11 heteroatoms. The zero-order valence-electron chi connectivity index (χ0n) is 20.5. The molecule has 0 aliphatic heterocycles. The summed E-state index contributed by atoms with van der Waals surface area (Å²) < 4.78 is 4.26. The van der Waals surface area contributed by atoms with Crippen LogP contribution in [0.15, 0.2) is 79.4 Å². The number of aromatic carboxylic acids is 1. The van der Waals surface area contributed by atoms with Crippen molar-refractivity contribution in [3.8, 4) is 27.9 Å². The van der Waals surface area contributed by atoms with Crippen LogP contribution in [0.1, 0.15) is 41.4 Å². The predicted molar refractivity (Wildman–Crippen MR) is 146 cm³/mol. The van der Waals surface area contributed by atoms with E-state index in [4.69, 9.17) is 23.2 Å². The van der Waals surface area contributed by atoms with E-state index in [-0.39, 0.29) is 16.8 Å². The van der Waals surface area contributed by atoms with Crippen molar-refractivity contribution in [3.05, 3.63) is 106 Å². The summed E-state index contributed by atoms with van der Waals surface area (Å²) in [5.74, 6) is -0.436. The Kier molecular flexibility index (Phi) is 6.54. The van der Waals surface area contributed by atoms with Crippen LogP contribution in [0.25, 0.3) is 27.9 Å². The highest BCUT2D eigenvalue weighted by molar-refractivity contribution is 6.31. The summed E-state index contributed by atoms with van der Waals surface area (Å²) in [5, 5.41) is 35.9. The number of rotatable bonds is 8. The lowest BCUT2D eigenvalue weighted by molar-refractivity contribution is -0.615. The minimum absolute atomic E-state index is 0.222. The molecule has 3 aromatic heterocycles. The molecule has 3 heterocycles. The van der Waals surface area contributed by atoms with E-state index in [9.17, 15) is 15.1 Å². The second kappa shape index (κ2) is 10.2. The van der Waals surface area contributed by atoms with Gasteiger partial charge in [0.05, 0.1) is 23.6 Å². The van der Waals surface area contributed by atoms with Gasteiger partial charge in [-0.15, -0.1) is 5.10 Å². The molecule has 1 atom stereocenters. The first-order valence-electron chi connectivity index (χ1n) is 12.3. The van der Waals surface area contributed by atoms with Crippen LogP contribution in [0, 0.1) is 11.1 Å². The first kappa shape index (κ1) is 25.1. The third-order valence-electron chi connectivity index (χ3n) is 6.91.